The van der Waals surface area contributed by atoms with Crippen LogP contribution in [0.15, 0.2) is 218 Å². The lowest BCUT2D eigenvalue weighted by atomic mass is 9.82. The number of benzene rings is 10. The maximum atomic E-state index is 5.22. The van der Waals surface area contributed by atoms with Gasteiger partial charge in [0.1, 0.15) is 0 Å². The molecular weight excluding hydrogens is 761 g/mol. The number of aromatic nitrogens is 2. The first kappa shape index (κ1) is 36.9. The highest BCUT2D eigenvalue weighted by Gasteiger charge is 2.36. The Hall–Kier alpha value is -7.94. The Bertz CT molecular complexity index is 3580. The molecule has 1 aromatic heterocycles. The number of rotatable bonds is 6. The zero-order chi connectivity index (χ0) is 42.1. The van der Waals surface area contributed by atoms with Gasteiger partial charge in [-0.3, -0.25) is 0 Å². The Morgan fingerprint density at radius 3 is 1.68 bits per heavy atom. The topological polar surface area (TPSA) is 25.8 Å². The Kier molecular flexibility index (Phi) is 8.55. The lowest BCUT2D eigenvalue weighted by Crippen LogP contribution is -2.14. The molecule has 296 valence electrons. The lowest BCUT2D eigenvalue weighted by Gasteiger charge is -2.21. The van der Waals surface area contributed by atoms with Gasteiger partial charge in [-0.1, -0.05) is 208 Å². The van der Waals surface area contributed by atoms with E-state index in [4.69, 9.17) is 9.97 Å². The van der Waals surface area contributed by atoms with Gasteiger partial charge >= 0.3 is 0 Å². The average molecular weight is 803 g/mol. The van der Waals surface area contributed by atoms with Crippen LogP contribution in [0.2, 0.25) is 0 Å². The molecule has 0 saturated heterocycles. The molecule has 0 aliphatic heterocycles. The molecule has 0 unspecified atom stereocenters. The van der Waals surface area contributed by atoms with Gasteiger partial charge in [0.25, 0.3) is 0 Å². The molecule has 0 saturated carbocycles. The molecule has 0 fully saturated rings. The summed E-state index contributed by atoms with van der Waals surface area (Å²) >= 11 is 0. The van der Waals surface area contributed by atoms with Crippen LogP contribution in [0.1, 0.15) is 25.0 Å². The number of nitrogens with zero attached hydrogens (tertiary/aromatic N) is 2. The van der Waals surface area contributed by atoms with Gasteiger partial charge in [-0.25, -0.2) is 9.97 Å². The largest absolute Gasteiger partial charge is 0.228 e. The van der Waals surface area contributed by atoms with Gasteiger partial charge in [0, 0.05) is 22.1 Å². The van der Waals surface area contributed by atoms with E-state index in [0.29, 0.717) is 5.82 Å². The number of fused-ring (bicyclic) bond motifs is 7. The van der Waals surface area contributed by atoms with E-state index in [9.17, 15) is 0 Å². The SMILES string of the molecule is CC1(C)c2ccccc2-c2c(-c3ccc(-c4cc(-c5cccc(-c6cccc(-c7c8ccccc8cc8c7ccc7ccccc78)c6)c5)nc(-c5ccccc5)n4)cc3)cccc21. The Balaban J connectivity index is 0.946. The molecule has 2 nitrogen and oxygen atoms in total. The van der Waals surface area contributed by atoms with E-state index in [-0.39, 0.29) is 5.41 Å². The third-order valence-electron chi connectivity index (χ3n) is 13.3. The van der Waals surface area contributed by atoms with E-state index >= 15 is 0 Å². The summed E-state index contributed by atoms with van der Waals surface area (Å²) in [7, 11) is 0. The van der Waals surface area contributed by atoms with Crippen LogP contribution in [0.3, 0.4) is 0 Å². The smallest absolute Gasteiger partial charge is 0.160 e. The minimum absolute atomic E-state index is 0.0470. The second kappa shape index (κ2) is 14.6. The first-order valence-electron chi connectivity index (χ1n) is 21.8. The summed E-state index contributed by atoms with van der Waals surface area (Å²) in [6.07, 6.45) is 0. The standard InChI is InChI=1S/C61H42N2/c1-61(2)54-27-11-10-25-52(54)59-49(26-14-28-55(59)61)40-29-31-41(32-30-40)56-38-57(63-60(62-56)42-16-4-3-5-17-42)46-21-12-19-43(35-46)44-20-13-22-47(36-44)58-50-24-9-7-18-45(50)37-53-48-23-8-6-15-39(48)33-34-51(53)58/h3-38H,1-2H3. The average Bonchev–Trinajstić information content (AvgIpc) is 3.59. The molecule has 11 aromatic rings. The van der Waals surface area contributed by atoms with E-state index in [1.54, 1.807) is 0 Å². The van der Waals surface area contributed by atoms with Crippen molar-refractivity contribution in [3.63, 3.8) is 0 Å². The van der Waals surface area contributed by atoms with E-state index in [1.165, 1.54) is 76.8 Å². The Morgan fingerprint density at radius 2 is 0.873 bits per heavy atom. The van der Waals surface area contributed by atoms with Gasteiger partial charge in [0.05, 0.1) is 11.4 Å². The van der Waals surface area contributed by atoms with Crippen molar-refractivity contribution >= 4 is 32.3 Å². The van der Waals surface area contributed by atoms with Crippen molar-refractivity contribution in [1.29, 1.82) is 0 Å². The third-order valence-corrected chi connectivity index (χ3v) is 13.3. The lowest BCUT2D eigenvalue weighted by molar-refractivity contribution is 0.660. The highest BCUT2D eigenvalue weighted by molar-refractivity contribution is 6.20. The van der Waals surface area contributed by atoms with E-state index in [2.05, 4.69) is 214 Å². The van der Waals surface area contributed by atoms with Crippen LogP contribution in [-0.4, -0.2) is 9.97 Å². The van der Waals surface area contributed by atoms with Gasteiger partial charge < -0.3 is 0 Å². The van der Waals surface area contributed by atoms with E-state index < -0.39 is 0 Å². The minimum Gasteiger partial charge on any atom is -0.228 e. The summed E-state index contributed by atoms with van der Waals surface area (Å²) in [5.74, 6) is 0.703. The van der Waals surface area contributed by atoms with Crippen molar-refractivity contribution in [2.75, 3.05) is 0 Å². The summed E-state index contributed by atoms with van der Waals surface area (Å²) in [6, 6.07) is 79.1. The summed E-state index contributed by atoms with van der Waals surface area (Å²) in [4.78, 5) is 10.4. The second-order valence-corrected chi connectivity index (χ2v) is 17.3. The summed E-state index contributed by atoms with van der Waals surface area (Å²) < 4.78 is 0. The molecule has 1 heterocycles. The van der Waals surface area contributed by atoms with Gasteiger partial charge in [-0.2, -0.15) is 0 Å². The Labute approximate surface area is 367 Å². The monoisotopic (exact) mass is 802 g/mol. The van der Waals surface area contributed by atoms with Gasteiger partial charge in [0.2, 0.25) is 0 Å². The minimum atomic E-state index is -0.0470. The molecule has 1 aliphatic rings. The molecule has 63 heavy (non-hydrogen) atoms. The van der Waals surface area contributed by atoms with Crippen LogP contribution < -0.4 is 0 Å². The molecule has 0 spiro atoms. The molecule has 12 rings (SSSR count). The first-order valence-corrected chi connectivity index (χ1v) is 21.8. The van der Waals surface area contributed by atoms with Crippen LogP contribution in [0, 0.1) is 0 Å². The highest BCUT2D eigenvalue weighted by Crippen LogP contribution is 2.52. The fourth-order valence-corrected chi connectivity index (χ4v) is 10.1. The maximum Gasteiger partial charge on any atom is 0.160 e. The Morgan fingerprint density at radius 1 is 0.302 bits per heavy atom. The molecule has 0 N–H and O–H groups in total. The molecule has 1 aliphatic carbocycles. The number of hydrogen-bond donors (Lipinski definition) is 0. The molecule has 0 amide bonds. The van der Waals surface area contributed by atoms with Gasteiger partial charge in [-0.15, -0.1) is 0 Å². The van der Waals surface area contributed by atoms with Crippen LogP contribution in [0.5, 0.6) is 0 Å². The fraction of sp³-hybridized carbons (Fsp3) is 0.0492. The van der Waals surface area contributed by atoms with E-state index in [0.717, 1.165) is 39.2 Å². The van der Waals surface area contributed by atoms with Crippen molar-refractivity contribution in [3.05, 3.63) is 230 Å². The predicted octanol–water partition coefficient (Wildman–Crippen LogP) is 16.2. The van der Waals surface area contributed by atoms with Crippen molar-refractivity contribution in [1.82, 2.24) is 9.97 Å². The molecule has 0 bridgehead atoms. The third kappa shape index (κ3) is 6.17. The quantitative estimate of drug-likeness (QED) is 0.124. The normalized spacial score (nSPS) is 12.7. The van der Waals surface area contributed by atoms with Gasteiger partial charge in [-0.05, 0) is 112 Å². The molecule has 0 atom stereocenters. The summed E-state index contributed by atoms with van der Waals surface area (Å²) in [5.41, 5.74) is 17.4. The second-order valence-electron chi connectivity index (χ2n) is 17.3. The zero-order valence-electron chi connectivity index (χ0n) is 35.2. The fourth-order valence-electron chi connectivity index (χ4n) is 10.1. The molecular formula is C61H42N2. The maximum absolute atomic E-state index is 5.22. The summed E-state index contributed by atoms with van der Waals surface area (Å²) in [5, 5.41) is 7.55. The van der Waals surface area contributed by atoms with Crippen LogP contribution in [0.25, 0.3) is 111 Å². The molecule has 0 radical (unpaired) electrons. The number of hydrogen-bond acceptors (Lipinski definition) is 2. The first-order chi connectivity index (χ1) is 31.0. The van der Waals surface area contributed by atoms with Crippen molar-refractivity contribution < 1.29 is 0 Å². The predicted molar refractivity (Wildman–Crippen MR) is 265 cm³/mol. The molecule has 2 heteroatoms. The zero-order valence-corrected chi connectivity index (χ0v) is 35.2. The van der Waals surface area contributed by atoms with Crippen molar-refractivity contribution in [3.8, 4) is 78.4 Å². The highest BCUT2D eigenvalue weighted by atomic mass is 14.9. The van der Waals surface area contributed by atoms with E-state index in [1.807, 2.05) is 18.2 Å². The van der Waals surface area contributed by atoms with Gasteiger partial charge in [0.15, 0.2) is 5.82 Å². The van der Waals surface area contributed by atoms with Crippen molar-refractivity contribution in [2.45, 2.75) is 19.3 Å². The molecule has 10 aromatic carbocycles. The van der Waals surface area contributed by atoms with Crippen LogP contribution >= 0.6 is 0 Å². The van der Waals surface area contributed by atoms with Crippen LogP contribution in [0.4, 0.5) is 0 Å². The summed E-state index contributed by atoms with van der Waals surface area (Å²) in [6.45, 7) is 4.67. The van der Waals surface area contributed by atoms with Crippen molar-refractivity contribution in [2.24, 2.45) is 0 Å². The van der Waals surface area contributed by atoms with Crippen LogP contribution in [-0.2, 0) is 5.41 Å².